The lowest BCUT2D eigenvalue weighted by molar-refractivity contribution is -0.0498. The van der Waals surface area contributed by atoms with E-state index in [4.69, 9.17) is 4.42 Å². The average Bonchev–Trinajstić information content (AvgIpc) is 3.22. The van der Waals surface area contributed by atoms with Crippen LogP contribution >= 0.6 is 11.8 Å². The predicted octanol–water partition coefficient (Wildman–Crippen LogP) is 6.22. The largest absolute Gasteiger partial charge is 0.435 e. The van der Waals surface area contributed by atoms with E-state index in [-0.39, 0.29) is 11.0 Å². The zero-order valence-corrected chi connectivity index (χ0v) is 15.9. The van der Waals surface area contributed by atoms with Crippen LogP contribution in [0, 0.1) is 0 Å². The second-order valence-corrected chi connectivity index (χ2v) is 7.15. The number of thioether (sulfide) groups is 1. The average molecular weight is 410 g/mol. The Morgan fingerprint density at radius 1 is 0.759 bits per heavy atom. The summed E-state index contributed by atoms with van der Waals surface area (Å²) in [6.07, 6.45) is 0. The zero-order chi connectivity index (χ0) is 20.1. The van der Waals surface area contributed by atoms with Gasteiger partial charge in [-0.25, -0.2) is 0 Å². The molecule has 0 aliphatic carbocycles. The van der Waals surface area contributed by atoms with Crippen molar-refractivity contribution in [2.75, 3.05) is 0 Å². The summed E-state index contributed by atoms with van der Waals surface area (Å²) in [4.78, 5) is 0. The third-order valence-corrected chi connectivity index (χ3v) is 5.30. The van der Waals surface area contributed by atoms with Crippen molar-refractivity contribution in [2.45, 2.75) is 17.1 Å². The molecule has 0 aliphatic rings. The number of hydrogen-bond donors (Lipinski definition) is 0. The zero-order valence-electron chi connectivity index (χ0n) is 15.1. The van der Waals surface area contributed by atoms with Crippen molar-refractivity contribution in [1.82, 2.24) is 10.2 Å². The summed E-state index contributed by atoms with van der Waals surface area (Å²) in [7, 11) is 0. The quantitative estimate of drug-likeness (QED) is 0.339. The van der Waals surface area contributed by atoms with E-state index in [1.165, 1.54) is 23.9 Å². The van der Waals surface area contributed by atoms with E-state index in [0.29, 0.717) is 16.7 Å². The lowest BCUT2D eigenvalue weighted by Crippen LogP contribution is -2.01. The molecule has 0 N–H and O–H groups in total. The lowest BCUT2D eigenvalue weighted by Gasteiger charge is -2.15. The van der Waals surface area contributed by atoms with Gasteiger partial charge < -0.3 is 9.15 Å². The molecule has 1 aromatic heterocycles. The van der Waals surface area contributed by atoms with Crippen LogP contribution in [0.5, 0.6) is 5.75 Å². The molecular weight excluding hydrogens is 394 g/mol. The van der Waals surface area contributed by atoms with Crippen LogP contribution in [-0.4, -0.2) is 16.8 Å². The smallest absolute Gasteiger partial charge is 0.387 e. The second kappa shape index (κ2) is 8.87. The number of hydrogen-bond acceptors (Lipinski definition) is 5. The Balaban J connectivity index is 1.56. The van der Waals surface area contributed by atoms with Gasteiger partial charge in [0.2, 0.25) is 5.89 Å². The number of alkyl halides is 2. The third-order valence-electron chi connectivity index (χ3n) is 4.16. The molecular formula is C22H16F2N2O2S. The number of halogens is 2. The van der Waals surface area contributed by atoms with Crippen molar-refractivity contribution in [2.24, 2.45) is 0 Å². The Morgan fingerprint density at radius 2 is 1.34 bits per heavy atom. The summed E-state index contributed by atoms with van der Waals surface area (Å²) >= 11 is 1.46. The Labute approximate surface area is 170 Å². The molecule has 4 rings (SSSR count). The molecule has 146 valence electrons. The van der Waals surface area contributed by atoms with E-state index >= 15 is 0 Å². The SMILES string of the molecule is FC(F)Oc1ccc(-c2nnc(SC(c3ccccc3)c3ccccc3)o2)cc1. The fourth-order valence-corrected chi connectivity index (χ4v) is 3.84. The third kappa shape index (κ3) is 4.81. The Bertz CT molecular complexity index is 1000. The first kappa shape index (κ1) is 19.1. The van der Waals surface area contributed by atoms with Crippen molar-refractivity contribution in [3.05, 3.63) is 96.1 Å². The highest BCUT2D eigenvalue weighted by Gasteiger charge is 2.19. The van der Waals surface area contributed by atoms with Crippen LogP contribution in [0.25, 0.3) is 11.5 Å². The molecule has 0 unspecified atom stereocenters. The molecule has 7 heteroatoms. The van der Waals surface area contributed by atoms with Gasteiger partial charge in [0.05, 0.1) is 5.25 Å². The van der Waals surface area contributed by atoms with E-state index < -0.39 is 6.61 Å². The van der Waals surface area contributed by atoms with Crippen molar-refractivity contribution in [1.29, 1.82) is 0 Å². The van der Waals surface area contributed by atoms with Gasteiger partial charge in [-0.15, -0.1) is 10.2 Å². The number of ether oxygens (including phenoxy) is 1. The first-order valence-electron chi connectivity index (χ1n) is 8.84. The molecule has 0 saturated heterocycles. The summed E-state index contributed by atoms with van der Waals surface area (Å²) in [5, 5.41) is 8.66. The van der Waals surface area contributed by atoms with Gasteiger partial charge in [0.15, 0.2) is 0 Å². The molecule has 0 spiro atoms. The minimum Gasteiger partial charge on any atom is -0.435 e. The monoisotopic (exact) mass is 410 g/mol. The molecule has 0 aliphatic heterocycles. The van der Waals surface area contributed by atoms with Crippen LogP contribution in [0.2, 0.25) is 0 Å². The molecule has 3 aromatic carbocycles. The molecule has 4 aromatic rings. The molecule has 1 heterocycles. The van der Waals surface area contributed by atoms with Crippen molar-refractivity contribution >= 4 is 11.8 Å². The van der Waals surface area contributed by atoms with Gasteiger partial charge in [-0.05, 0) is 35.4 Å². The Morgan fingerprint density at radius 3 is 1.90 bits per heavy atom. The van der Waals surface area contributed by atoms with E-state index in [2.05, 4.69) is 39.2 Å². The fourth-order valence-electron chi connectivity index (χ4n) is 2.84. The Hall–Kier alpha value is -3.19. The highest BCUT2D eigenvalue weighted by atomic mass is 32.2. The summed E-state index contributed by atoms with van der Waals surface area (Å²) < 4.78 is 34.7. The van der Waals surface area contributed by atoms with Gasteiger partial charge >= 0.3 is 6.61 Å². The number of rotatable bonds is 7. The maximum atomic E-state index is 12.3. The Kier molecular flexibility index (Phi) is 5.86. The van der Waals surface area contributed by atoms with E-state index in [1.807, 2.05) is 36.4 Å². The van der Waals surface area contributed by atoms with Crippen molar-refractivity contribution < 1.29 is 17.9 Å². The van der Waals surface area contributed by atoms with Gasteiger partial charge in [0.1, 0.15) is 5.75 Å². The van der Waals surface area contributed by atoms with Gasteiger partial charge in [0, 0.05) is 5.56 Å². The van der Waals surface area contributed by atoms with E-state index in [9.17, 15) is 8.78 Å². The summed E-state index contributed by atoms with van der Waals surface area (Å²) in [5.74, 6) is 0.391. The van der Waals surface area contributed by atoms with Crippen LogP contribution in [0.1, 0.15) is 16.4 Å². The summed E-state index contributed by atoms with van der Waals surface area (Å²) in [6, 6.07) is 26.2. The maximum Gasteiger partial charge on any atom is 0.387 e. The number of nitrogens with zero attached hydrogens (tertiary/aromatic N) is 2. The molecule has 0 saturated carbocycles. The maximum absolute atomic E-state index is 12.3. The molecule has 29 heavy (non-hydrogen) atoms. The molecule has 0 radical (unpaired) electrons. The molecule has 0 fully saturated rings. The molecule has 0 atom stereocenters. The number of benzene rings is 3. The van der Waals surface area contributed by atoms with Gasteiger partial charge in [-0.2, -0.15) is 8.78 Å². The first-order valence-corrected chi connectivity index (χ1v) is 9.72. The van der Waals surface area contributed by atoms with Gasteiger partial charge in [0.25, 0.3) is 5.22 Å². The van der Waals surface area contributed by atoms with E-state index in [1.54, 1.807) is 12.1 Å². The standard InChI is InChI=1S/C22H16F2N2O2S/c23-21(24)27-18-13-11-17(12-14-18)20-25-26-22(28-20)29-19(15-7-3-1-4-8-15)16-9-5-2-6-10-16/h1-14,19,21H. The topological polar surface area (TPSA) is 48.2 Å². The summed E-state index contributed by atoms with van der Waals surface area (Å²) in [5.41, 5.74) is 2.87. The normalized spacial score (nSPS) is 11.2. The molecule has 0 bridgehead atoms. The van der Waals surface area contributed by atoms with Crippen LogP contribution in [0.15, 0.2) is 94.6 Å². The van der Waals surface area contributed by atoms with Crippen LogP contribution in [0.4, 0.5) is 8.78 Å². The van der Waals surface area contributed by atoms with Crippen LogP contribution in [0.3, 0.4) is 0 Å². The first-order chi connectivity index (χ1) is 14.2. The highest BCUT2D eigenvalue weighted by Crippen LogP contribution is 2.40. The summed E-state index contributed by atoms with van der Waals surface area (Å²) in [6.45, 7) is -2.86. The minimum absolute atomic E-state index is 0.00693. The van der Waals surface area contributed by atoms with Crippen LogP contribution in [-0.2, 0) is 0 Å². The second-order valence-electron chi connectivity index (χ2n) is 6.10. The van der Waals surface area contributed by atoms with Gasteiger partial charge in [-0.3, -0.25) is 0 Å². The fraction of sp³-hybridized carbons (Fsp3) is 0.0909. The minimum atomic E-state index is -2.86. The van der Waals surface area contributed by atoms with Crippen LogP contribution < -0.4 is 4.74 Å². The lowest BCUT2D eigenvalue weighted by atomic mass is 10.0. The molecule has 0 amide bonds. The highest BCUT2D eigenvalue weighted by molar-refractivity contribution is 7.99. The molecule has 4 nitrogen and oxygen atoms in total. The van der Waals surface area contributed by atoms with Crippen molar-refractivity contribution in [3.8, 4) is 17.2 Å². The predicted molar refractivity (Wildman–Crippen MR) is 107 cm³/mol. The van der Waals surface area contributed by atoms with Gasteiger partial charge in [-0.1, -0.05) is 72.4 Å². The van der Waals surface area contributed by atoms with Crippen molar-refractivity contribution in [3.63, 3.8) is 0 Å². The number of aromatic nitrogens is 2. The van der Waals surface area contributed by atoms with E-state index in [0.717, 1.165) is 11.1 Å².